The van der Waals surface area contributed by atoms with E-state index in [1.807, 2.05) is 0 Å². The lowest BCUT2D eigenvalue weighted by molar-refractivity contribution is 0.129. The maximum atomic E-state index is 14.0. The maximum Gasteiger partial charge on any atom is 0.408 e. The lowest BCUT2D eigenvalue weighted by Gasteiger charge is -2.18. The standard InChI is InChI=1S/C14H9BrF2N2O2/c15-11-5-8(10(17)6-18-11)12-13(21-14(20)19-12)7-3-1-2-4-9(7)16/h1-6,12-13H,(H,19,20)/t12-,13-/m1/s1. The van der Waals surface area contributed by atoms with Crippen molar-refractivity contribution >= 4 is 22.0 Å². The van der Waals surface area contributed by atoms with Gasteiger partial charge >= 0.3 is 6.09 Å². The van der Waals surface area contributed by atoms with Crippen LogP contribution in [0.1, 0.15) is 23.3 Å². The van der Waals surface area contributed by atoms with Crippen LogP contribution in [0.3, 0.4) is 0 Å². The molecule has 1 aliphatic heterocycles. The van der Waals surface area contributed by atoms with Crippen LogP contribution in [0.5, 0.6) is 0 Å². The highest BCUT2D eigenvalue weighted by Crippen LogP contribution is 2.38. The number of nitrogens with one attached hydrogen (secondary N) is 1. The Bertz CT molecular complexity index is 711. The highest BCUT2D eigenvalue weighted by molar-refractivity contribution is 9.10. The lowest BCUT2D eigenvalue weighted by atomic mass is 9.96. The van der Waals surface area contributed by atoms with Crippen LogP contribution >= 0.6 is 15.9 Å². The van der Waals surface area contributed by atoms with Crippen LogP contribution in [-0.4, -0.2) is 11.1 Å². The van der Waals surface area contributed by atoms with Crippen LogP contribution < -0.4 is 5.32 Å². The minimum Gasteiger partial charge on any atom is -0.439 e. The smallest absolute Gasteiger partial charge is 0.408 e. The fourth-order valence-electron chi connectivity index (χ4n) is 2.28. The SMILES string of the molecule is O=C1N[C@H](c2cc(Br)ncc2F)[C@@H](c2ccccc2F)O1. The molecule has 3 rings (SSSR count). The fourth-order valence-corrected chi connectivity index (χ4v) is 2.62. The molecule has 4 nitrogen and oxygen atoms in total. The van der Waals surface area contributed by atoms with Crippen molar-refractivity contribution < 1.29 is 18.3 Å². The van der Waals surface area contributed by atoms with Crippen LogP contribution in [-0.2, 0) is 4.74 Å². The molecule has 1 aromatic heterocycles. The summed E-state index contributed by atoms with van der Waals surface area (Å²) in [6.45, 7) is 0. The molecule has 0 aliphatic carbocycles. The molecule has 0 spiro atoms. The van der Waals surface area contributed by atoms with Crippen molar-refractivity contribution in [3.63, 3.8) is 0 Å². The number of amides is 1. The van der Waals surface area contributed by atoms with E-state index in [0.29, 0.717) is 4.60 Å². The third-order valence-electron chi connectivity index (χ3n) is 3.21. The van der Waals surface area contributed by atoms with E-state index in [2.05, 4.69) is 26.2 Å². The second-order valence-corrected chi connectivity index (χ2v) is 5.31. The molecular formula is C14H9BrF2N2O2. The molecule has 21 heavy (non-hydrogen) atoms. The predicted molar refractivity (Wildman–Crippen MR) is 73.4 cm³/mol. The number of carbonyl (C=O) groups is 1. The van der Waals surface area contributed by atoms with Crippen molar-refractivity contribution in [1.82, 2.24) is 10.3 Å². The molecule has 2 atom stereocenters. The van der Waals surface area contributed by atoms with Crippen LogP contribution in [0.25, 0.3) is 0 Å². The van der Waals surface area contributed by atoms with Crippen LogP contribution in [0.4, 0.5) is 13.6 Å². The number of pyridine rings is 1. The normalized spacial score (nSPS) is 21.0. The summed E-state index contributed by atoms with van der Waals surface area (Å²) < 4.78 is 33.4. The van der Waals surface area contributed by atoms with Gasteiger partial charge in [0.05, 0.1) is 6.20 Å². The third kappa shape index (κ3) is 2.61. The second-order valence-electron chi connectivity index (χ2n) is 4.50. The van der Waals surface area contributed by atoms with E-state index in [1.54, 1.807) is 6.07 Å². The first-order valence-corrected chi connectivity index (χ1v) is 6.88. The first-order valence-electron chi connectivity index (χ1n) is 6.09. The van der Waals surface area contributed by atoms with E-state index in [1.165, 1.54) is 24.3 Å². The number of hydrogen-bond acceptors (Lipinski definition) is 3. The zero-order valence-corrected chi connectivity index (χ0v) is 12.1. The van der Waals surface area contributed by atoms with Gasteiger partial charge in [-0.25, -0.2) is 18.6 Å². The molecule has 2 heterocycles. The zero-order chi connectivity index (χ0) is 15.0. The summed E-state index contributed by atoms with van der Waals surface area (Å²) in [6, 6.07) is 6.53. The monoisotopic (exact) mass is 354 g/mol. The lowest BCUT2D eigenvalue weighted by Crippen LogP contribution is -2.21. The first-order chi connectivity index (χ1) is 10.1. The summed E-state index contributed by atoms with van der Waals surface area (Å²) in [4.78, 5) is 15.3. The van der Waals surface area contributed by atoms with Crippen molar-refractivity contribution in [2.75, 3.05) is 0 Å². The van der Waals surface area contributed by atoms with E-state index in [9.17, 15) is 13.6 Å². The molecule has 1 aromatic carbocycles. The molecule has 1 saturated heterocycles. The van der Waals surface area contributed by atoms with Crippen LogP contribution in [0, 0.1) is 11.6 Å². The maximum absolute atomic E-state index is 14.0. The largest absolute Gasteiger partial charge is 0.439 e. The van der Waals surface area contributed by atoms with E-state index in [4.69, 9.17) is 4.74 Å². The Labute approximate surface area is 127 Å². The van der Waals surface area contributed by atoms with Gasteiger partial charge in [-0.15, -0.1) is 0 Å². The Kier molecular flexibility index (Phi) is 3.59. The summed E-state index contributed by atoms with van der Waals surface area (Å²) in [5, 5.41) is 2.50. The van der Waals surface area contributed by atoms with E-state index in [-0.39, 0.29) is 11.1 Å². The Morgan fingerprint density at radius 3 is 2.71 bits per heavy atom. The van der Waals surface area contributed by atoms with Crippen molar-refractivity contribution in [2.24, 2.45) is 0 Å². The third-order valence-corrected chi connectivity index (χ3v) is 3.64. The van der Waals surface area contributed by atoms with Gasteiger partial charge in [-0.2, -0.15) is 0 Å². The second kappa shape index (κ2) is 5.40. The molecular weight excluding hydrogens is 346 g/mol. The summed E-state index contributed by atoms with van der Waals surface area (Å²) in [6.07, 6.45) is -0.634. The van der Waals surface area contributed by atoms with Gasteiger partial charge in [-0.1, -0.05) is 18.2 Å². The number of rotatable bonds is 2. The molecule has 0 bridgehead atoms. The zero-order valence-electron chi connectivity index (χ0n) is 10.5. The van der Waals surface area contributed by atoms with E-state index in [0.717, 1.165) is 6.20 Å². The average molecular weight is 355 g/mol. The van der Waals surface area contributed by atoms with Crippen molar-refractivity contribution in [2.45, 2.75) is 12.1 Å². The van der Waals surface area contributed by atoms with Gasteiger partial charge in [0.15, 0.2) is 6.10 Å². The molecule has 2 aromatic rings. The number of halogens is 3. The number of aromatic nitrogens is 1. The highest BCUT2D eigenvalue weighted by Gasteiger charge is 2.39. The molecule has 0 unspecified atom stereocenters. The summed E-state index contributed by atoms with van der Waals surface area (Å²) in [5.41, 5.74) is 0.365. The topological polar surface area (TPSA) is 51.2 Å². The number of ether oxygens (including phenoxy) is 1. The molecule has 7 heteroatoms. The summed E-state index contributed by atoms with van der Waals surface area (Å²) >= 11 is 3.14. The minimum absolute atomic E-state index is 0.177. The average Bonchev–Trinajstić information content (AvgIpc) is 2.83. The van der Waals surface area contributed by atoms with Gasteiger partial charge in [-0.05, 0) is 28.1 Å². The molecule has 1 fully saturated rings. The Balaban J connectivity index is 2.06. The number of carbonyl (C=O) groups excluding carboxylic acids is 1. The van der Waals surface area contributed by atoms with Gasteiger partial charge in [0, 0.05) is 11.1 Å². The summed E-state index contributed by atoms with van der Waals surface area (Å²) in [5.74, 6) is -1.12. The molecule has 1 amide bonds. The van der Waals surface area contributed by atoms with Gasteiger partial charge in [-0.3, -0.25) is 0 Å². The Morgan fingerprint density at radius 1 is 1.19 bits per heavy atom. The van der Waals surface area contributed by atoms with Gasteiger partial charge in [0.2, 0.25) is 0 Å². The predicted octanol–water partition coefficient (Wildman–Crippen LogP) is 3.64. The Hall–Kier alpha value is -2.02. The van der Waals surface area contributed by atoms with E-state index < -0.39 is 29.9 Å². The number of alkyl carbamates (subject to hydrolysis) is 1. The quantitative estimate of drug-likeness (QED) is 0.837. The molecule has 1 N–H and O–H groups in total. The minimum atomic E-state index is -0.942. The first kappa shape index (κ1) is 13.9. The van der Waals surface area contributed by atoms with Crippen LogP contribution in [0.15, 0.2) is 41.1 Å². The number of cyclic esters (lactones) is 1. The highest BCUT2D eigenvalue weighted by atomic mass is 79.9. The molecule has 0 radical (unpaired) electrons. The van der Waals surface area contributed by atoms with Crippen molar-refractivity contribution in [3.8, 4) is 0 Å². The van der Waals surface area contributed by atoms with Crippen LogP contribution in [0.2, 0.25) is 0 Å². The fraction of sp³-hybridized carbons (Fsp3) is 0.143. The number of benzene rings is 1. The van der Waals surface area contributed by atoms with Gasteiger partial charge in [0.1, 0.15) is 22.3 Å². The number of hydrogen-bond donors (Lipinski definition) is 1. The Morgan fingerprint density at radius 2 is 1.95 bits per heavy atom. The molecule has 1 aliphatic rings. The van der Waals surface area contributed by atoms with Crippen molar-refractivity contribution in [3.05, 3.63) is 63.9 Å². The van der Waals surface area contributed by atoms with Gasteiger partial charge in [0.25, 0.3) is 0 Å². The molecule has 108 valence electrons. The van der Waals surface area contributed by atoms with Crippen molar-refractivity contribution in [1.29, 1.82) is 0 Å². The van der Waals surface area contributed by atoms with Gasteiger partial charge < -0.3 is 10.1 Å². The van der Waals surface area contributed by atoms with E-state index >= 15 is 0 Å². The summed E-state index contributed by atoms with van der Waals surface area (Å²) in [7, 11) is 0. The molecule has 0 saturated carbocycles. The number of nitrogens with zero attached hydrogens (tertiary/aromatic N) is 1.